The maximum atomic E-state index is 12.4. The van der Waals surface area contributed by atoms with Crippen LogP contribution in [0.25, 0.3) is 0 Å². The largest absolute Gasteiger partial charge is 0.465 e. The van der Waals surface area contributed by atoms with Crippen molar-refractivity contribution in [2.24, 2.45) is 17.8 Å². The van der Waals surface area contributed by atoms with Crippen molar-refractivity contribution in [3.8, 4) is 6.07 Å². The summed E-state index contributed by atoms with van der Waals surface area (Å²) >= 11 is 0. The van der Waals surface area contributed by atoms with Gasteiger partial charge < -0.3 is 4.74 Å². The topological polar surface area (TPSA) is 67.2 Å². The molecular weight excluding hydrogens is 278 g/mol. The maximum absolute atomic E-state index is 12.4. The fourth-order valence-electron chi connectivity index (χ4n) is 2.51. The molecule has 1 aromatic rings. The fourth-order valence-corrected chi connectivity index (χ4v) is 2.51. The second-order valence-corrected chi connectivity index (χ2v) is 5.74. The number of nitrogens with zero attached hydrogens (tertiary/aromatic N) is 1. The third-order valence-electron chi connectivity index (χ3n) is 3.47. The minimum Gasteiger partial charge on any atom is -0.465 e. The Balaban J connectivity index is 2.90. The summed E-state index contributed by atoms with van der Waals surface area (Å²) in [7, 11) is 0. The van der Waals surface area contributed by atoms with Crippen LogP contribution in [0.4, 0.5) is 0 Å². The Morgan fingerprint density at radius 2 is 1.86 bits per heavy atom. The molecule has 118 valence electrons. The van der Waals surface area contributed by atoms with Gasteiger partial charge in [0.15, 0.2) is 5.78 Å². The highest BCUT2D eigenvalue weighted by molar-refractivity contribution is 5.96. The van der Waals surface area contributed by atoms with Crippen LogP contribution in [-0.2, 0) is 9.53 Å². The van der Waals surface area contributed by atoms with Gasteiger partial charge in [-0.05, 0) is 25.2 Å². The lowest BCUT2D eigenvalue weighted by molar-refractivity contribution is -0.147. The second-order valence-electron chi connectivity index (χ2n) is 5.74. The lowest BCUT2D eigenvalue weighted by Crippen LogP contribution is -2.28. The molecular formula is C18H23NO3. The van der Waals surface area contributed by atoms with Gasteiger partial charge in [-0.25, -0.2) is 0 Å². The molecule has 0 heterocycles. The molecule has 4 nitrogen and oxygen atoms in total. The number of carbonyl (C=O) groups excluding carboxylic acids is 2. The van der Waals surface area contributed by atoms with Gasteiger partial charge in [-0.15, -0.1) is 0 Å². The van der Waals surface area contributed by atoms with E-state index in [-0.39, 0.29) is 24.7 Å². The van der Waals surface area contributed by atoms with E-state index in [0.29, 0.717) is 17.9 Å². The molecule has 0 fully saturated rings. The molecule has 2 unspecified atom stereocenters. The Labute approximate surface area is 132 Å². The van der Waals surface area contributed by atoms with Gasteiger partial charge in [0.25, 0.3) is 0 Å². The van der Waals surface area contributed by atoms with Gasteiger partial charge in [-0.3, -0.25) is 9.59 Å². The Kier molecular flexibility index (Phi) is 7.31. The van der Waals surface area contributed by atoms with Crippen molar-refractivity contribution in [3.05, 3.63) is 35.9 Å². The molecule has 4 heteroatoms. The zero-order valence-corrected chi connectivity index (χ0v) is 13.4. The van der Waals surface area contributed by atoms with E-state index in [9.17, 15) is 14.9 Å². The minimum atomic E-state index is -0.894. The van der Waals surface area contributed by atoms with Crippen LogP contribution >= 0.6 is 0 Å². The first kappa shape index (κ1) is 17.9. The molecule has 0 bridgehead atoms. The van der Waals surface area contributed by atoms with E-state index in [2.05, 4.69) is 0 Å². The highest BCUT2D eigenvalue weighted by atomic mass is 16.5. The summed E-state index contributed by atoms with van der Waals surface area (Å²) in [5, 5.41) is 9.33. The summed E-state index contributed by atoms with van der Waals surface area (Å²) < 4.78 is 4.97. The number of hydrogen-bond donors (Lipinski definition) is 0. The van der Waals surface area contributed by atoms with Crippen LogP contribution in [0.5, 0.6) is 0 Å². The van der Waals surface area contributed by atoms with E-state index < -0.39 is 11.9 Å². The van der Waals surface area contributed by atoms with Crippen LogP contribution in [0.15, 0.2) is 30.3 Å². The van der Waals surface area contributed by atoms with Gasteiger partial charge in [0.1, 0.15) is 5.92 Å². The standard InChI is InChI=1S/C18H23NO3/c1-4-22-18(21)16(12-19)15(10-13(2)3)11-17(20)14-8-6-5-7-9-14/h5-9,13,15-16H,4,10-11H2,1-3H3. The maximum Gasteiger partial charge on any atom is 0.323 e. The number of ketones is 1. The molecule has 0 aliphatic rings. The highest BCUT2D eigenvalue weighted by Gasteiger charge is 2.32. The van der Waals surface area contributed by atoms with E-state index >= 15 is 0 Å². The number of benzene rings is 1. The van der Waals surface area contributed by atoms with Gasteiger partial charge in [-0.2, -0.15) is 5.26 Å². The van der Waals surface area contributed by atoms with Gasteiger partial charge in [0, 0.05) is 12.0 Å². The Morgan fingerprint density at radius 3 is 2.36 bits per heavy atom. The molecule has 0 saturated heterocycles. The van der Waals surface area contributed by atoms with Crippen molar-refractivity contribution in [1.82, 2.24) is 0 Å². The number of esters is 1. The number of carbonyl (C=O) groups is 2. The second kappa shape index (κ2) is 8.99. The van der Waals surface area contributed by atoms with Crippen LogP contribution < -0.4 is 0 Å². The number of nitriles is 1. The molecule has 2 atom stereocenters. The van der Waals surface area contributed by atoms with Crippen molar-refractivity contribution in [2.75, 3.05) is 6.61 Å². The van der Waals surface area contributed by atoms with Crippen molar-refractivity contribution < 1.29 is 14.3 Å². The summed E-state index contributed by atoms with van der Waals surface area (Å²) in [6.45, 7) is 5.97. The van der Waals surface area contributed by atoms with E-state index in [0.717, 1.165) is 0 Å². The zero-order valence-electron chi connectivity index (χ0n) is 13.4. The highest BCUT2D eigenvalue weighted by Crippen LogP contribution is 2.26. The number of Topliss-reactive ketones (excluding diaryl/α,β-unsaturated/α-hetero) is 1. The smallest absolute Gasteiger partial charge is 0.323 e. The summed E-state index contributed by atoms with van der Waals surface area (Å²) in [6, 6.07) is 11.0. The molecule has 1 aromatic carbocycles. The molecule has 0 spiro atoms. The normalized spacial score (nSPS) is 13.2. The van der Waals surface area contributed by atoms with Gasteiger partial charge in [0.05, 0.1) is 12.7 Å². The molecule has 0 aromatic heterocycles. The lowest BCUT2D eigenvalue weighted by atomic mass is 9.81. The first-order valence-corrected chi connectivity index (χ1v) is 7.64. The van der Waals surface area contributed by atoms with Crippen LogP contribution in [0, 0.1) is 29.1 Å². The first-order chi connectivity index (χ1) is 10.5. The Morgan fingerprint density at radius 1 is 1.23 bits per heavy atom. The number of ether oxygens (including phenoxy) is 1. The van der Waals surface area contributed by atoms with Crippen LogP contribution in [0.3, 0.4) is 0 Å². The van der Waals surface area contributed by atoms with E-state index in [4.69, 9.17) is 4.74 Å². The third kappa shape index (κ3) is 5.33. The third-order valence-corrected chi connectivity index (χ3v) is 3.47. The number of hydrogen-bond acceptors (Lipinski definition) is 4. The van der Waals surface area contributed by atoms with Crippen LogP contribution in [0.2, 0.25) is 0 Å². The summed E-state index contributed by atoms with van der Waals surface area (Å²) in [4.78, 5) is 24.3. The van der Waals surface area contributed by atoms with Gasteiger partial charge >= 0.3 is 5.97 Å². The molecule has 0 amide bonds. The lowest BCUT2D eigenvalue weighted by Gasteiger charge is -2.22. The van der Waals surface area contributed by atoms with E-state index in [1.54, 1.807) is 31.2 Å². The predicted molar refractivity (Wildman–Crippen MR) is 84.1 cm³/mol. The molecule has 0 radical (unpaired) electrons. The van der Waals surface area contributed by atoms with Crippen molar-refractivity contribution in [3.63, 3.8) is 0 Å². The predicted octanol–water partition coefficient (Wildman–Crippen LogP) is 3.62. The quantitative estimate of drug-likeness (QED) is 0.543. The van der Waals surface area contributed by atoms with E-state index in [1.807, 2.05) is 26.0 Å². The van der Waals surface area contributed by atoms with Crippen LogP contribution in [-0.4, -0.2) is 18.4 Å². The molecule has 0 aliphatic carbocycles. The molecule has 0 aliphatic heterocycles. The zero-order chi connectivity index (χ0) is 16.5. The SMILES string of the molecule is CCOC(=O)C(C#N)C(CC(=O)c1ccccc1)CC(C)C. The average molecular weight is 301 g/mol. The average Bonchev–Trinajstić information content (AvgIpc) is 2.48. The van der Waals surface area contributed by atoms with Gasteiger partial charge in [-0.1, -0.05) is 44.2 Å². The summed E-state index contributed by atoms with van der Waals surface area (Å²) in [5.41, 5.74) is 0.608. The monoisotopic (exact) mass is 301 g/mol. The first-order valence-electron chi connectivity index (χ1n) is 7.64. The van der Waals surface area contributed by atoms with Crippen molar-refractivity contribution in [2.45, 2.75) is 33.6 Å². The summed E-state index contributed by atoms with van der Waals surface area (Å²) in [6.07, 6.45) is 0.814. The van der Waals surface area contributed by atoms with Gasteiger partial charge in [0.2, 0.25) is 0 Å². The molecule has 0 saturated carbocycles. The number of rotatable bonds is 8. The van der Waals surface area contributed by atoms with Crippen LogP contribution in [0.1, 0.15) is 44.0 Å². The Bertz CT molecular complexity index is 531. The summed E-state index contributed by atoms with van der Waals surface area (Å²) in [5.74, 6) is -1.50. The van der Waals surface area contributed by atoms with E-state index in [1.165, 1.54) is 0 Å². The molecule has 0 N–H and O–H groups in total. The molecule has 1 rings (SSSR count). The molecule has 22 heavy (non-hydrogen) atoms. The van der Waals surface area contributed by atoms with Crippen molar-refractivity contribution in [1.29, 1.82) is 5.26 Å². The fraction of sp³-hybridized carbons (Fsp3) is 0.500. The Hall–Kier alpha value is -2.15. The van der Waals surface area contributed by atoms with Crippen molar-refractivity contribution >= 4 is 11.8 Å². The minimum absolute atomic E-state index is 0.0456.